The van der Waals surface area contributed by atoms with Gasteiger partial charge in [0.2, 0.25) is 0 Å². The number of nitrogens with one attached hydrogen (secondary N) is 1. The van der Waals surface area contributed by atoms with Crippen LogP contribution in [0.15, 0.2) is 54.7 Å². The highest BCUT2D eigenvalue weighted by Gasteiger charge is 2.20. The number of nitrogens with zero attached hydrogens (tertiary/aromatic N) is 3. The highest BCUT2D eigenvalue weighted by molar-refractivity contribution is 6.39. The second kappa shape index (κ2) is 8.16. The van der Waals surface area contributed by atoms with Crippen molar-refractivity contribution in [2.75, 3.05) is 12.4 Å². The van der Waals surface area contributed by atoms with Crippen LogP contribution in [-0.2, 0) is 6.42 Å². The first kappa shape index (κ1) is 19.9. The lowest BCUT2D eigenvalue weighted by Gasteiger charge is -2.11. The SMILES string of the molecule is CCc1ccccc1NC(=O)c1cnc2c(c(C)nn2-c2cccc(OC)c2)c1Cl. The Morgan fingerprint density at radius 3 is 2.77 bits per heavy atom. The number of halogens is 1. The lowest BCUT2D eigenvalue weighted by atomic mass is 10.1. The Labute approximate surface area is 179 Å². The van der Waals surface area contributed by atoms with Gasteiger partial charge in [-0.3, -0.25) is 4.79 Å². The van der Waals surface area contributed by atoms with E-state index in [0.717, 1.165) is 23.4 Å². The van der Waals surface area contributed by atoms with E-state index in [1.54, 1.807) is 11.8 Å². The van der Waals surface area contributed by atoms with Crippen molar-refractivity contribution in [3.63, 3.8) is 0 Å². The zero-order chi connectivity index (χ0) is 21.3. The van der Waals surface area contributed by atoms with Crippen LogP contribution in [0.4, 0.5) is 5.69 Å². The Bertz CT molecular complexity index is 1250. The molecule has 152 valence electrons. The summed E-state index contributed by atoms with van der Waals surface area (Å²) < 4.78 is 7.01. The summed E-state index contributed by atoms with van der Waals surface area (Å²) in [4.78, 5) is 17.5. The predicted molar refractivity (Wildman–Crippen MR) is 119 cm³/mol. The van der Waals surface area contributed by atoms with Gasteiger partial charge in [0.15, 0.2) is 5.65 Å². The first-order chi connectivity index (χ1) is 14.5. The molecule has 2 aromatic carbocycles. The number of methoxy groups -OCH3 is 1. The van der Waals surface area contributed by atoms with E-state index >= 15 is 0 Å². The molecule has 6 nitrogen and oxygen atoms in total. The molecule has 7 heteroatoms. The molecule has 0 bridgehead atoms. The van der Waals surface area contributed by atoms with Crippen LogP contribution >= 0.6 is 11.6 Å². The number of anilines is 1. The first-order valence-corrected chi connectivity index (χ1v) is 9.98. The van der Waals surface area contributed by atoms with Crippen LogP contribution < -0.4 is 10.1 Å². The average molecular weight is 421 g/mol. The molecule has 0 spiro atoms. The van der Waals surface area contributed by atoms with E-state index in [2.05, 4.69) is 15.4 Å². The molecule has 0 aliphatic heterocycles. The summed E-state index contributed by atoms with van der Waals surface area (Å²) in [6.07, 6.45) is 2.31. The van der Waals surface area contributed by atoms with Gasteiger partial charge in [0.25, 0.3) is 5.91 Å². The van der Waals surface area contributed by atoms with E-state index < -0.39 is 0 Å². The van der Waals surface area contributed by atoms with Crippen molar-refractivity contribution in [1.29, 1.82) is 0 Å². The molecule has 4 rings (SSSR count). The number of carbonyl (C=O) groups is 1. The van der Waals surface area contributed by atoms with Gasteiger partial charge in [-0.1, -0.05) is 42.8 Å². The number of pyridine rings is 1. The maximum absolute atomic E-state index is 12.9. The third-order valence-corrected chi connectivity index (χ3v) is 5.39. The number of aromatic nitrogens is 3. The summed E-state index contributed by atoms with van der Waals surface area (Å²) in [5.41, 5.74) is 4.20. The summed E-state index contributed by atoms with van der Waals surface area (Å²) >= 11 is 6.66. The van der Waals surface area contributed by atoms with Crippen molar-refractivity contribution in [1.82, 2.24) is 14.8 Å². The minimum Gasteiger partial charge on any atom is -0.497 e. The number of hydrogen-bond acceptors (Lipinski definition) is 4. The van der Waals surface area contributed by atoms with E-state index in [9.17, 15) is 4.79 Å². The zero-order valence-corrected chi connectivity index (χ0v) is 17.7. The van der Waals surface area contributed by atoms with Gasteiger partial charge < -0.3 is 10.1 Å². The Morgan fingerprint density at radius 2 is 2.00 bits per heavy atom. The quantitative estimate of drug-likeness (QED) is 0.481. The van der Waals surface area contributed by atoms with Crippen LogP contribution in [0.3, 0.4) is 0 Å². The van der Waals surface area contributed by atoms with Gasteiger partial charge in [0, 0.05) is 18.0 Å². The van der Waals surface area contributed by atoms with Gasteiger partial charge in [-0.2, -0.15) is 5.10 Å². The van der Waals surface area contributed by atoms with Crippen molar-refractivity contribution >= 4 is 34.2 Å². The lowest BCUT2D eigenvalue weighted by Crippen LogP contribution is -2.14. The van der Waals surface area contributed by atoms with Crippen LogP contribution in [0.5, 0.6) is 5.75 Å². The van der Waals surface area contributed by atoms with Crippen LogP contribution in [0, 0.1) is 6.92 Å². The number of para-hydroxylation sites is 1. The lowest BCUT2D eigenvalue weighted by molar-refractivity contribution is 0.102. The largest absolute Gasteiger partial charge is 0.497 e. The summed E-state index contributed by atoms with van der Waals surface area (Å²) in [6.45, 7) is 3.89. The fraction of sp³-hybridized carbons (Fsp3) is 0.174. The van der Waals surface area contributed by atoms with Crippen LogP contribution in [0.2, 0.25) is 5.02 Å². The third kappa shape index (κ3) is 3.50. The van der Waals surface area contributed by atoms with Crippen molar-refractivity contribution in [2.24, 2.45) is 0 Å². The normalized spacial score (nSPS) is 10.9. The monoisotopic (exact) mass is 420 g/mol. The Kier molecular flexibility index (Phi) is 5.42. The minimum atomic E-state index is -0.302. The zero-order valence-electron chi connectivity index (χ0n) is 16.9. The molecule has 0 aliphatic carbocycles. The van der Waals surface area contributed by atoms with Gasteiger partial charge in [-0.15, -0.1) is 0 Å². The molecule has 0 fully saturated rings. The third-order valence-electron chi connectivity index (χ3n) is 5.00. The number of aryl methyl sites for hydroxylation is 2. The second-order valence-electron chi connectivity index (χ2n) is 6.85. The number of rotatable bonds is 5. The number of carbonyl (C=O) groups excluding carboxylic acids is 1. The molecule has 0 saturated carbocycles. The molecule has 2 aromatic heterocycles. The fourth-order valence-electron chi connectivity index (χ4n) is 3.43. The Balaban J connectivity index is 1.76. The smallest absolute Gasteiger partial charge is 0.258 e. The molecule has 0 unspecified atom stereocenters. The van der Waals surface area contributed by atoms with E-state index in [1.165, 1.54) is 6.20 Å². The predicted octanol–water partition coefficient (Wildman–Crippen LogP) is 5.21. The molecule has 0 radical (unpaired) electrons. The Hall–Kier alpha value is -3.38. The molecule has 0 atom stereocenters. The number of ether oxygens (including phenoxy) is 1. The maximum atomic E-state index is 12.9. The van der Waals surface area contributed by atoms with Gasteiger partial charge in [-0.25, -0.2) is 9.67 Å². The van der Waals surface area contributed by atoms with Crippen molar-refractivity contribution < 1.29 is 9.53 Å². The molecule has 1 amide bonds. The van der Waals surface area contributed by atoms with Gasteiger partial charge in [-0.05, 0) is 37.1 Å². The summed E-state index contributed by atoms with van der Waals surface area (Å²) in [7, 11) is 1.61. The van der Waals surface area contributed by atoms with Gasteiger partial charge in [0.05, 0.1) is 34.5 Å². The maximum Gasteiger partial charge on any atom is 0.258 e. The first-order valence-electron chi connectivity index (χ1n) is 9.61. The molecule has 2 heterocycles. The van der Waals surface area contributed by atoms with Gasteiger partial charge >= 0.3 is 0 Å². The van der Waals surface area contributed by atoms with E-state index in [0.29, 0.717) is 33.1 Å². The minimum absolute atomic E-state index is 0.302. The average Bonchev–Trinajstić information content (AvgIpc) is 3.11. The highest BCUT2D eigenvalue weighted by Crippen LogP contribution is 2.31. The van der Waals surface area contributed by atoms with Crippen LogP contribution in [0.25, 0.3) is 16.7 Å². The Morgan fingerprint density at radius 1 is 1.20 bits per heavy atom. The molecule has 1 N–H and O–H groups in total. The van der Waals surface area contributed by atoms with Crippen LogP contribution in [0.1, 0.15) is 28.5 Å². The number of benzene rings is 2. The summed E-state index contributed by atoms with van der Waals surface area (Å²) in [6, 6.07) is 15.2. The van der Waals surface area contributed by atoms with Gasteiger partial charge in [0.1, 0.15) is 5.75 Å². The van der Waals surface area contributed by atoms with Crippen molar-refractivity contribution in [3.8, 4) is 11.4 Å². The molecule has 30 heavy (non-hydrogen) atoms. The summed E-state index contributed by atoms with van der Waals surface area (Å²) in [5, 5.41) is 8.52. The standard InChI is InChI=1S/C23H21ClN4O2/c1-4-15-8-5-6-11-19(15)26-23(29)18-13-25-22-20(21(18)24)14(2)27-28(22)16-9-7-10-17(12-16)30-3/h5-13H,4H2,1-3H3,(H,26,29). The molecule has 4 aromatic rings. The number of hydrogen-bond donors (Lipinski definition) is 1. The van der Waals surface area contributed by atoms with E-state index in [4.69, 9.17) is 16.3 Å². The van der Waals surface area contributed by atoms with Crippen molar-refractivity contribution in [3.05, 3.63) is 76.6 Å². The summed E-state index contributed by atoms with van der Waals surface area (Å²) in [5.74, 6) is 0.411. The number of fused-ring (bicyclic) bond motifs is 1. The van der Waals surface area contributed by atoms with E-state index in [-0.39, 0.29) is 5.91 Å². The molecule has 0 saturated heterocycles. The fourth-order valence-corrected chi connectivity index (χ4v) is 3.78. The second-order valence-corrected chi connectivity index (χ2v) is 7.23. The van der Waals surface area contributed by atoms with E-state index in [1.807, 2.05) is 62.4 Å². The number of amides is 1. The van der Waals surface area contributed by atoms with Crippen LogP contribution in [-0.4, -0.2) is 27.8 Å². The molecule has 0 aliphatic rings. The molecular formula is C23H21ClN4O2. The topological polar surface area (TPSA) is 69.0 Å². The van der Waals surface area contributed by atoms with Crippen molar-refractivity contribution in [2.45, 2.75) is 20.3 Å². The highest BCUT2D eigenvalue weighted by atomic mass is 35.5. The molecular weight excluding hydrogens is 400 g/mol.